The van der Waals surface area contributed by atoms with E-state index in [1.807, 2.05) is 0 Å². The number of ether oxygens (including phenoxy) is 1. The number of rotatable bonds is 6. The average molecular weight is 225 g/mol. The van der Waals surface area contributed by atoms with E-state index >= 15 is 0 Å². The van der Waals surface area contributed by atoms with E-state index in [-0.39, 0.29) is 0 Å². The van der Waals surface area contributed by atoms with Crippen LogP contribution in [0, 0.1) is 11.8 Å². The third kappa shape index (κ3) is 2.78. The first-order valence-electron chi connectivity index (χ1n) is 7.03. The van der Waals surface area contributed by atoms with E-state index in [1.165, 1.54) is 38.5 Å². The summed E-state index contributed by atoms with van der Waals surface area (Å²) >= 11 is 0. The van der Waals surface area contributed by atoms with Gasteiger partial charge < -0.3 is 10.1 Å². The zero-order valence-electron chi connectivity index (χ0n) is 11.0. The summed E-state index contributed by atoms with van der Waals surface area (Å²) in [6.07, 6.45) is 9.12. The van der Waals surface area contributed by atoms with Gasteiger partial charge in [-0.2, -0.15) is 0 Å². The molecule has 0 aromatic heterocycles. The van der Waals surface area contributed by atoms with Crippen LogP contribution in [-0.2, 0) is 4.74 Å². The molecule has 2 aliphatic heterocycles. The number of nitrogens with one attached hydrogen (secondary N) is 1. The first kappa shape index (κ1) is 12.4. The van der Waals surface area contributed by atoms with E-state index in [4.69, 9.17) is 4.74 Å². The van der Waals surface area contributed by atoms with Crippen LogP contribution in [0.3, 0.4) is 0 Å². The Morgan fingerprint density at radius 3 is 2.56 bits per heavy atom. The van der Waals surface area contributed by atoms with Crippen molar-refractivity contribution in [3.05, 3.63) is 0 Å². The van der Waals surface area contributed by atoms with Crippen molar-refractivity contribution < 1.29 is 4.74 Å². The van der Waals surface area contributed by atoms with Gasteiger partial charge in [0.2, 0.25) is 0 Å². The summed E-state index contributed by atoms with van der Waals surface area (Å²) in [6, 6.07) is 0.689. The van der Waals surface area contributed by atoms with Crippen molar-refractivity contribution in [1.29, 1.82) is 0 Å². The quantitative estimate of drug-likeness (QED) is 0.750. The molecule has 2 bridgehead atoms. The van der Waals surface area contributed by atoms with Crippen molar-refractivity contribution in [3.8, 4) is 0 Å². The lowest BCUT2D eigenvalue weighted by molar-refractivity contribution is 0.0853. The van der Waals surface area contributed by atoms with Gasteiger partial charge in [-0.15, -0.1) is 0 Å². The lowest BCUT2D eigenvalue weighted by Gasteiger charge is -2.28. The molecule has 1 N–H and O–H groups in total. The van der Waals surface area contributed by atoms with Crippen LogP contribution in [0.25, 0.3) is 0 Å². The molecule has 0 amide bonds. The van der Waals surface area contributed by atoms with Crippen LogP contribution in [0.4, 0.5) is 0 Å². The van der Waals surface area contributed by atoms with Gasteiger partial charge in [0, 0.05) is 12.0 Å². The van der Waals surface area contributed by atoms with Crippen molar-refractivity contribution in [1.82, 2.24) is 5.32 Å². The minimum absolute atomic E-state index is 0.571. The highest BCUT2D eigenvalue weighted by Crippen LogP contribution is 2.41. The van der Waals surface area contributed by atoms with Crippen molar-refractivity contribution >= 4 is 0 Å². The van der Waals surface area contributed by atoms with Gasteiger partial charge in [-0.1, -0.05) is 26.7 Å². The highest BCUT2D eigenvalue weighted by atomic mass is 16.5. The molecule has 4 atom stereocenters. The Morgan fingerprint density at radius 2 is 2.06 bits per heavy atom. The van der Waals surface area contributed by atoms with Crippen LogP contribution in [0.2, 0.25) is 0 Å². The van der Waals surface area contributed by atoms with Gasteiger partial charge in [0.15, 0.2) is 0 Å². The molecule has 2 nitrogen and oxygen atoms in total. The molecular weight excluding hydrogens is 198 g/mol. The smallest absolute Gasteiger partial charge is 0.0623 e. The lowest BCUT2D eigenvalue weighted by Crippen LogP contribution is -2.38. The zero-order chi connectivity index (χ0) is 11.5. The highest BCUT2D eigenvalue weighted by molar-refractivity contribution is 4.94. The fourth-order valence-corrected chi connectivity index (χ4v) is 3.42. The molecule has 2 heteroatoms. The summed E-state index contributed by atoms with van der Waals surface area (Å²) < 4.78 is 5.96. The van der Waals surface area contributed by atoms with Crippen LogP contribution in [-0.4, -0.2) is 25.3 Å². The molecule has 2 fully saturated rings. The molecule has 2 rings (SSSR count). The molecule has 2 aliphatic rings. The molecule has 2 saturated heterocycles. The molecule has 2 heterocycles. The average Bonchev–Trinajstić information content (AvgIpc) is 2.85. The fraction of sp³-hybridized carbons (Fsp3) is 1.00. The van der Waals surface area contributed by atoms with Gasteiger partial charge in [-0.25, -0.2) is 0 Å². The maximum Gasteiger partial charge on any atom is 0.0623 e. The standard InChI is InChI=1S/C14H27NO/c1-10(2)5-4-6-13(15-3)12-9-11-7-8-14(12)16-11/h10-15H,4-9H2,1-3H3. The summed E-state index contributed by atoms with van der Waals surface area (Å²) in [4.78, 5) is 0. The summed E-state index contributed by atoms with van der Waals surface area (Å²) in [5.74, 6) is 1.63. The van der Waals surface area contributed by atoms with Crippen LogP contribution in [0.15, 0.2) is 0 Å². The lowest BCUT2D eigenvalue weighted by atomic mass is 9.81. The van der Waals surface area contributed by atoms with E-state index in [2.05, 4.69) is 26.2 Å². The third-order valence-corrected chi connectivity index (χ3v) is 4.34. The molecule has 4 unspecified atom stereocenters. The van der Waals surface area contributed by atoms with Crippen molar-refractivity contribution in [3.63, 3.8) is 0 Å². The minimum Gasteiger partial charge on any atom is -0.375 e. The van der Waals surface area contributed by atoms with Crippen molar-refractivity contribution in [2.45, 2.75) is 70.6 Å². The second-order valence-corrected chi connectivity index (χ2v) is 5.99. The maximum absolute atomic E-state index is 5.96. The van der Waals surface area contributed by atoms with E-state index < -0.39 is 0 Å². The van der Waals surface area contributed by atoms with E-state index in [0.717, 1.165) is 11.8 Å². The molecule has 0 saturated carbocycles. The van der Waals surface area contributed by atoms with E-state index in [0.29, 0.717) is 18.2 Å². The van der Waals surface area contributed by atoms with Crippen molar-refractivity contribution in [2.24, 2.45) is 11.8 Å². The van der Waals surface area contributed by atoms with Gasteiger partial charge in [0.05, 0.1) is 12.2 Å². The molecular formula is C14H27NO. The number of hydrogen-bond acceptors (Lipinski definition) is 2. The van der Waals surface area contributed by atoms with Crippen LogP contribution >= 0.6 is 0 Å². The second kappa shape index (κ2) is 5.50. The van der Waals surface area contributed by atoms with Crippen molar-refractivity contribution in [2.75, 3.05) is 7.05 Å². The van der Waals surface area contributed by atoms with Gasteiger partial charge in [-0.3, -0.25) is 0 Å². The molecule has 0 aromatic carbocycles. The highest BCUT2D eigenvalue weighted by Gasteiger charge is 2.43. The Morgan fingerprint density at radius 1 is 1.25 bits per heavy atom. The molecule has 0 aromatic rings. The number of fused-ring (bicyclic) bond motifs is 2. The SMILES string of the molecule is CNC(CCCC(C)C)C1CC2CCC1O2. The molecule has 94 valence electrons. The Balaban J connectivity index is 1.76. The summed E-state index contributed by atoms with van der Waals surface area (Å²) in [5.41, 5.74) is 0. The van der Waals surface area contributed by atoms with Gasteiger partial charge in [0.25, 0.3) is 0 Å². The van der Waals surface area contributed by atoms with Gasteiger partial charge >= 0.3 is 0 Å². The molecule has 0 radical (unpaired) electrons. The summed E-state index contributed by atoms with van der Waals surface area (Å²) in [6.45, 7) is 4.63. The molecule has 0 aliphatic carbocycles. The predicted molar refractivity (Wildman–Crippen MR) is 67.5 cm³/mol. The van der Waals surface area contributed by atoms with Crippen LogP contribution in [0.5, 0.6) is 0 Å². The van der Waals surface area contributed by atoms with Gasteiger partial charge in [-0.05, 0) is 38.6 Å². The normalized spacial score (nSPS) is 34.9. The molecule has 16 heavy (non-hydrogen) atoms. The van der Waals surface area contributed by atoms with E-state index in [1.54, 1.807) is 0 Å². The minimum atomic E-state index is 0.571. The Labute approximate surface area is 100 Å². The summed E-state index contributed by atoms with van der Waals surface area (Å²) in [7, 11) is 2.12. The van der Waals surface area contributed by atoms with Gasteiger partial charge in [0.1, 0.15) is 0 Å². The summed E-state index contributed by atoms with van der Waals surface area (Å²) in [5, 5.41) is 3.52. The number of hydrogen-bond donors (Lipinski definition) is 1. The maximum atomic E-state index is 5.96. The Hall–Kier alpha value is -0.0800. The fourth-order valence-electron chi connectivity index (χ4n) is 3.42. The van der Waals surface area contributed by atoms with Crippen LogP contribution in [0.1, 0.15) is 52.4 Å². The second-order valence-electron chi connectivity index (χ2n) is 5.99. The third-order valence-electron chi connectivity index (χ3n) is 4.34. The van der Waals surface area contributed by atoms with Crippen LogP contribution < -0.4 is 5.32 Å². The molecule has 0 spiro atoms. The largest absolute Gasteiger partial charge is 0.375 e. The zero-order valence-corrected chi connectivity index (χ0v) is 11.0. The topological polar surface area (TPSA) is 21.3 Å². The Bertz CT molecular complexity index is 217. The Kier molecular flexibility index (Phi) is 4.26. The first-order chi connectivity index (χ1) is 7.70. The first-order valence-corrected chi connectivity index (χ1v) is 7.03. The van der Waals surface area contributed by atoms with E-state index in [9.17, 15) is 0 Å². The monoisotopic (exact) mass is 225 g/mol. The predicted octanol–water partition coefficient (Wildman–Crippen LogP) is 2.97.